The summed E-state index contributed by atoms with van der Waals surface area (Å²) >= 11 is 0. The zero-order valence-corrected chi connectivity index (χ0v) is 18.9. The van der Waals surface area contributed by atoms with Crippen LogP contribution < -0.4 is 16.2 Å². The molecule has 2 amide bonds. The van der Waals surface area contributed by atoms with Crippen molar-refractivity contribution in [1.82, 2.24) is 9.78 Å². The number of rotatable bonds is 9. The van der Waals surface area contributed by atoms with Gasteiger partial charge in [-0.3, -0.25) is 14.4 Å². The first-order valence-electron chi connectivity index (χ1n) is 11.1. The van der Waals surface area contributed by atoms with Crippen molar-refractivity contribution in [2.45, 2.75) is 53.0 Å². The van der Waals surface area contributed by atoms with Crippen molar-refractivity contribution in [3.8, 4) is 0 Å². The number of carbonyl (C=O) groups is 2. The zero-order valence-electron chi connectivity index (χ0n) is 18.9. The standard InChI is InChI=1S/C25H30N4O3/c1-4-5-8-15-29-25(32)21-10-7-6-9-20(21)23(28-29)24(31)27-19-13-11-18(12-14-19)26-22(30)16-17(2)3/h6-7,9-14,17H,4-5,8,15-16H2,1-3H3,(H,26,30)(H,27,31). The summed E-state index contributed by atoms with van der Waals surface area (Å²) in [5.74, 6) is -0.152. The summed E-state index contributed by atoms with van der Waals surface area (Å²) in [6, 6.07) is 14.0. The fourth-order valence-electron chi connectivity index (χ4n) is 3.48. The minimum absolute atomic E-state index is 0.0437. The molecule has 7 heteroatoms. The van der Waals surface area contributed by atoms with Gasteiger partial charge in [-0.05, 0) is 42.7 Å². The molecule has 0 atom stereocenters. The number of unbranched alkanes of at least 4 members (excludes halogenated alkanes) is 2. The maximum absolute atomic E-state index is 13.0. The number of carbonyl (C=O) groups excluding carboxylic acids is 2. The molecule has 0 aliphatic rings. The van der Waals surface area contributed by atoms with E-state index in [2.05, 4.69) is 22.7 Å². The van der Waals surface area contributed by atoms with E-state index in [0.717, 1.165) is 19.3 Å². The fourth-order valence-corrected chi connectivity index (χ4v) is 3.48. The van der Waals surface area contributed by atoms with Crippen LogP contribution in [-0.4, -0.2) is 21.6 Å². The molecular weight excluding hydrogens is 404 g/mol. The highest BCUT2D eigenvalue weighted by molar-refractivity contribution is 6.11. The van der Waals surface area contributed by atoms with E-state index in [1.807, 2.05) is 13.8 Å². The SMILES string of the molecule is CCCCCn1nc(C(=O)Nc2ccc(NC(=O)CC(C)C)cc2)c2ccccc2c1=O. The Morgan fingerprint density at radius 3 is 2.19 bits per heavy atom. The lowest BCUT2D eigenvalue weighted by Gasteiger charge is -2.12. The third-order valence-corrected chi connectivity index (χ3v) is 5.08. The summed E-state index contributed by atoms with van der Waals surface area (Å²) in [6.07, 6.45) is 3.30. The van der Waals surface area contributed by atoms with Crippen molar-refractivity contribution in [1.29, 1.82) is 0 Å². The molecule has 2 aromatic carbocycles. The van der Waals surface area contributed by atoms with Gasteiger partial charge in [-0.2, -0.15) is 5.10 Å². The maximum atomic E-state index is 13.0. The average Bonchev–Trinajstić information content (AvgIpc) is 2.76. The largest absolute Gasteiger partial charge is 0.326 e. The number of anilines is 2. The Morgan fingerprint density at radius 2 is 1.56 bits per heavy atom. The van der Waals surface area contributed by atoms with Gasteiger partial charge in [0.2, 0.25) is 5.91 Å². The molecule has 1 heterocycles. The van der Waals surface area contributed by atoms with Crippen molar-refractivity contribution in [3.05, 3.63) is 64.6 Å². The van der Waals surface area contributed by atoms with Crippen molar-refractivity contribution in [2.24, 2.45) is 5.92 Å². The number of benzene rings is 2. The second-order valence-corrected chi connectivity index (χ2v) is 8.31. The minimum Gasteiger partial charge on any atom is -0.326 e. The normalized spacial score (nSPS) is 11.0. The van der Waals surface area contributed by atoms with E-state index in [0.29, 0.717) is 35.1 Å². The van der Waals surface area contributed by atoms with Crippen LogP contribution in [0.15, 0.2) is 53.3 Å². The minimum atomic E-state index is -0.387. The Morgan fingerprint density at radius 1 is 0.938 bits per heavy atom. The van der Waals surface area contributed by atoms with E-state index in [-0.39, 0.29) is 29.0 Å². The highest BCUT2D eigenvalue weighted by Crippen LogP contribution is 2.18. The molecule has 32 heavy (non-hydrogen) atoms. The van der Waals surface area contributed by atoms with Gasteiger partial charge in [0.25, 0.3) is 11.5 Å². The lowest BCUT2D eigenvalue weighted by molar-refractivity contribution is -0.116. The quantitative estimate of drug-likeness (QED) is 0.472. The summed E-state index contributed by atoms with van der Waals surface area (Å²) in [4.78, 5) is 37.8. The van der Waals surface area contributed by atoms with E-state index in [9.17, 15) is 14.4 Å². The third kappa shape index (κ3) is 5.81. The predicted octanol–water partition coefficient (Wildman–Crippen LogP) is 4.82. The molecule has 3 aromatic rings. The summed E-state index contributed by atoms with van der Waals surface area (Å²) in [5.41, 5.74) is 1.27. The van der Waals surface area contributed by atoms with Crippen LogP contribution in [0.4, 0.5) is 11.4 Å². The number of nitrogens with zero attached hydrogens (tertiary/aromatic N) is 2. The van der Waals surface area contributed by atoms with E-state index in [4.69, 9.17) is 0 Å². The van der Waals surface area contributed by atoms with Gasteiger partial charge in [0, 0.05) is 29.7 Å². The Kier molecular flexibility index (Phi) is 7.76. The lowest BCUT2D eigenvalue weighted by atomic mass is 10.1. The highest BCUT2D eigenvalue weighted by Gasteiger charge is 2.17. The predicted molar refractivity (Wildman–Crippen MR) is 128 cm³/mol. The van der Waals surface area contributed by atoms with Gasteiger partial charge in [-0.15, -0.1) is 0 Å². The monoisotopic (exact) mass is 434 g/mol. The van der Waals surface area contributed by atoms with Crippen LogP contribution in [0.2, 0.25) is 0 Å². The number of amides is 2. The van der Waals surface area contributed by atoms with Gasteiger partial charge in [0.15, 0.2) is 5.69 Å². The van der Waals surface area contributed by atoms with E-state index in [1.165, 1.54) is 4.68 Å². The topological polar surface area (TPSA) is 93.1 Å². The smallest absolute Gasteiger partial charge is 0.276 e. The van der Waals surface area contributed by atoms with Gasteiger partial charge >= 0.3 is 0 Å². The summed E-state index contributed by atoms with van der Waals surface area (Å²) in [6.45, 7) is 6.55. The summed E-state index contributed by atoms with van der Waals surface area (Å²) in [7, 11) is 0. The number of aryl methyl sites for hydroxylation is 1. The van der Waals surface area contributed by atoms with Crippen molar-refractivity contribution >= 4 is 34.0 Å². The summed E-state index contributed by atoms with van der Waals surface area (Å²) < 4.78 is 1.39. The third-order valence-electron chi connectivity index (χ3n) is 5.08. The van der Waals surface area contributed by atoms with Crippen LogP contribution in [0.25, 0.3) is 10.8 Å². The molecule has 0 aliphatic carbocycles. The van der Waals surface area contributed by atoms with Crippen LogP contribution in [0, 0.1) is 5.92 Å². The maximum Gasteiger partial charge on any atom is 0.276 e. The van der Waals surface area contributed by atoms with Crippen LogP contribution >= 0.6 is 0 Å². The zero-order chi connectivity index (χ0) is 23.1. The van der Waals surface area contributed by atoms with Gasteiger partial charge in [0.05, 0.1) is 5.39 Å². The molecule has 2 N–H and O–H groups in total. The molecule has 168 valence electrons. The van der Waals surface area contributed by atoms with Crippen molar-refractivity contribution in [2.75, 3.05) is 10.6 Å². The van der Waals surface area contributed by atoms with Gasteiger partial charge in [-0.1, -0.05) is 51.8 Å². The Labute approximate surface area is 187 Å². The number of aromatic nitrogens is 2. The van der Waals surface area contributed by atoms with Crippen molar-refractivity contribution in [3.63, 3.8) is 0 Å². The second-order valence-electron chi connectivity index (χ2n) is 8.31. The molecule has 0 saturated carbocycles. The van der Waals surface area contributed by atoms with Gasteiger partial charge in [-0.25, -0.2) is 4.68 Å². The molecule has 1 aromatic heterocycles. The molecule has 0 fully saturated rings. The summed E-state index contributed by atoms with van der Waals surface area (Å²) in [5, 5.41) is 11.1. The molecule has 0 radical (unpaired) electrons. The number of hydrogen-bond acceptors (Lipinski definition) is 4. The van der Waals surface area contributed by atoms with Crippen LogP contribution in [0.1, 0.15) is 56.9 Å². The first kappa shape index (κ1) is 23.2. The number of hydrogen-bond donors (Lipinski definition) is 2. The van der Waals surface area contributed by atoms with Crippen molar-refractivity contribution < 1.29 is 9.59 Å². The van der Waals surface area contributed by atoms with Crippen LogP contribution in [0.3, 0.4) is 0 Å². The molecular formula is C25H30N4O3. The Balaban J connectivity index is 1.81. The van der Waals surface area contributed by atoms with E-state index >= 15 is 0 Å². The van der Waals surface area contributed by atoms with Gasteiger partial charge < -0.3 is 10.6 Å². The van der Waals surface area contributed by atoms with Crippen LogP contribution in [-0.2, 0) is 11.3 Å². The fraction of sp³-hybridized carbons (Fsp3) is 0.360. The number of nitrogens with one attached hydrogen (secondary N) is 2. The molecule has 0 unspecified atom stereocenters. The molecule has 3 rings (SSSR count). The van der Waals surface area contributed by atoms with Gasteiger partial charge in [0.1, 0.15) is 0 Å². The van der Waals surface area contributed by atoms with E-state index < -0.39 is 0 Å². The Bertz CT molecular complexity index is 1150. The first-order valence-corrected chi connectivity index (χ1v) is 11.1. The lowest BCUT2D eigenvalue weighted by Crippen LogP contribution is -2.27. The second kappa shape index (κ2) is 10.7. The Hall–Kier alpha value is -3.48. The highest BCUT2D eigenvalue weighted by atomic mass is 16.2. The average molecular weight is 435 g/mol. The van der Waals surface area contributed by atoms with Crippen LogP contribution in [0.5, 0.6) is 0 Å². The molecule has 0 spiro atoms. The van der Waals surface area contributed by atoms with E-state index in [1.54, 1.807) is 48.5 Å². The molecule has 0 aliphatic heterocycles. The molecule has 0 bridgehead atoms. The number of fused-ring (bicyclic) bond motifs is 1. The first-order chi connectivity index (χ1) is 15.4. The molecule has 0 saturated heterocycles. The molecule has 7 nitrogen and oxygen atoms in total.